The average Bonchev–Trinajstić information content (AvgIpc) is 2.74. The fraction of sp³-hybridized carbons (Fsp3) is 0.400. The van der Waals surface area contributed by atoms with Gasteiger partial charge in [-0.05, 0) is 24.1 Å². The molecule has 3 unspecified atom stereocenters. The lowest BCUT2D eigenvalue weighted by molar-refractivity contribution is -0.138. The van der Waals surface area contributed by atoms with Gasteiger partial charge < -0.3 is 43.4 Å². The highest BCUT2D eigenvalue weighted by Gasteiger charge is 2.29. The van der Waals surface area contributed by atoms with Gasteiger partial charge in [0.05, 0.1) is 12.5 Å². The number of aromatic hydroxyl groups is 1. The van der Waals surface area contributed by atoms with Crippen LogP contribution in [0.25, 0.3) is 0 Å². The molecule has 0 aliphatic heterocycles. The maximum absolute atomic E-state index is 13.0. The molecule has 0 heterocycles. The standard InChI is InChI=1S/C20H28N6O8/c21-12(8-16(23)29)18(32)26-14(7-10-1-3-11(27)4-2-10)20(34)25-13(5-6-15(22)28)19(33)24-9-17(30)31/h1-4,12-14,27H,5-9,21H2,(H2,22,28)(H2,23,29)(H,24,33)(H,25,34)(H,26,32)(H,30,31). The van der Waals surface area contributed by atoms with E-state index < -0.39 is 66.6 Å². The lowest BCUT2D eigenvalue weighted by Crippen LogP contribution is -2.57. The Kier molecular flexibility index (Phi) is 10.9. The van der Waals surface area contributed by atoms with Gasteiger partial charge in [0.15, 0.2) is 0 Å². The Bertz CT molecular complexity index is 920. The van der Waals surface area contributed by atoms with Crippen LogP contribution in [0, 0.1) is 0 Å². The first-order chi connectivity index (χ1) is 15.9. The minimum atomic E-state index is -1.34. The Morgan fingerprint density at radius 3 is 1.97 bits per heavy atom. The quantitative estimate of drug-likeness (QED) is 0.132. The number of phenolic OH excluding ortho intramolecular Hbond substituents is 1. The third-order valence-electron chi connectivity index (χ3n) is 4.49. The predicted molar refractivity (Wildman–Crippen MR) is 117 cm³/mol. The summed E-state index contributed by atoms with van der Waals surface area (Å²) in [5, 5.41) is 25.0. The molecule has 0 saturated carbocycles. The van der Waals surface area contributed by atoms with E-state index in [0.29, 0.717) is 5.56 Å². The van der Waals surface area contributed by atoms with Crippen LogP contribution in [0.5, 0.6) is 5.75 Å². The van der Waals surface area contributed by atoms with Crippen molar-refractivity contribution in [2.45, 2.75) is 43.8 Å². The third-order valence-corrected chi connectivity index (χ3v) is 4.49. The first kappa shape index (κ1) is 27.8. The lowest BCUT2D eigenvalue weighted by atomic mass is 10.0. The van der Waals surface area contributed by atoms with Crippen molar-refractivity contribution in [3.63, 3.8) is 0 Å². The molecule has 0 radical (unpaired) electrons. The zero-order valence-electron chi connectivity index (χ0n) is 18.2. The summed E-state index contributed by atoms with van der Waals surface area (Å²) in [5.74, 6) is -5.53. The van der Waals surface area contributed by atoms with E-state index in [2.05, 4.69) is 16.0 Å². The number of carboxylic acid groups (broad SMARTS) is 1. The van der Waals surface area contributed by atoms with Gasteiger partial charge in [-0.25, -0.2) is 0 Å². The van der Waals surface area contributed by atoms with Crippen LogP contribution in [0.1, 0.15) is 24.8 Å². The molecule has 0 spiro atoms. The second-order valence-corrected chi connectivity index (χ2v) is 7.39. The molecular weight excluding hydrogens is 452 g/mol. The number of rotatable bonds is 14. The Balaban J connectivity index is 3.07. The van der Waals surface area contributed by atoms with E-state index in [1.807, 2.05) is 0 Å². The molecule has 0 fully saturated rings. The molecule has 5 amide bonds. The van der Waals surface area contributed by atoms with E-state index in [4.69, 9.17) is 22.3 Å². The first-order valence-corrected chi connectivity index (χ1v) is 10.1. The maximum atomic E-state index is 13.0. The number of nitrogens with one attached hydrogen (secondary N) is 3. The normalized spacial score (nSPS) is 13.1. The number of benzene rings is 1. The zero-order valence-corrected chi connectivity index (χ0v) is 18.2. The smallest absolute Gasteiger partial charge is 0.322 e. The van der Waals surface area contributed by atoms with Crippen LogP contribution in [0.15, 0.2) is 24.3 Å². The van der Waals surface area contributed by atoms with Gasteiger partial charge in [-0.2, -0.15) is 0 Å². The molecule has 186 valence electrons. The monoisotopic (exact) mass is 480 g/mol. The van der Waals surface area contributed by atoms with Crippen LogP contribution in [0.3, 0.4) is 0 Å². The van der Waals surface area contributed by atoms with Crippen LogP contribution in [0.4, 0.5) is 0 Å². The van der Waals surface area contributed by atoms with E-state index in [9.17, 15) is 33.9 Å². The van der Waals surface area contributed by atoms with Crippen molar-refractivity contribution >= 4 is 35.5 Å². The molecule has 0 aliphatic carbocycles. The fourth-order valence-electron chi connectivity index (χ4n) is 2.78. The fourth-order valence-corrected chi connectivity index (χ4v) is 2.78. The number of hydrogen-bond acceptors (Lipinski definition) is 8. The molecule has 34 heavy (non-hydrogen) atoms. The number of amides is 5. The highest BCUT2D eigenvalue weighted by atomic mass is 16.4. The summed E-state index contributed by atoms with van der Waals surface area (Å²) in [4.78, 5) is 70.6. The number of primary amides is 2. The van der Waals surface area contributed by atoms with Crippen LogP contribution in [-0.4, -0.2) is 70.4 Å². The van der Waals surface area contributed by atoms with E-state index in [1.165, 1.54) is 24.3 Å². The van der Waals surface area contributed by atoms with Crippen molar-refractivity contribution in [2.75, 3.05) is 6.54 Å². The highest BCUT2D eigenvalue weighted by Crippen LogP contribution is 2.12. The summed E-state index contributed by atoms with van der Waals surface area (Å²) in [6.45, 7) is -0.725. The Labute approximate surface area is 194 Å². The van der Waals surface area contributed by atoms with Crippen molar-refractivity contribution in [3.05, 3.63) is 29.8 Å². The molecule has 1 aromatic carbocycles. The summed E-state index contributed by atoms with van der Waals surface area (Å²) < 4.78 is 0. The first-order valence-electron chi connectivity index (χ1n) is 10.1. The van der Waals surface area contributed by atoms with E-state index in [1.54, 1.807) is 0 Å². The van der Waals surface area contributed by atoms with Crippen LogP contribution in [0.2, 0.25) is 0 Å². The molecule has 11 N–H and O–H groups in total. The van der Waals surface area contributed by atoms with Crippen molar-refractivity contribution < 1.29 is 39.0 Å². The average molecular weight is 480 g/mol. The van der Waals surface area contributed by atoms with Gasteiger partial charge in [-0.15, -0.1) is 0 Å². The molecule has 0 bridgehead atoms. The summed E-state index contributed by atoms with van der Waals surface area (Å²) in [5.41, 5.74) is 16.3. The molecule has 1 aromatic rings. The summed E-state index contributed by atoms with van der Waals surface area (Å²) >= 11 is 0. The number of phenols is 1. The molecule has 1 rings (SSSR count). The number of hydrogen-bond donors (Lipinski definition) is 8. The van der Waals surface area contributed by atoms with Gasteiger partial charge in [0.25, 0.3) is 0 Å². The maximum Gasteiger partial charge on any atom is 0.322 e. The molecule has 3 atom stereocenters. The van der Waals surface area contributed by atoms with E-state index >= 15 is 0 Å². The Morgan fingerprint density at radius 1 is 0.853 bits per heavy atom. The van der Waals surface area contributed by atoms with Crippen molar-refractivity contribution in [3.8, 4) is 5.75 Å². The minimum Gasteiger partial charge on any atom is -0.508 e. The zero-order chi connectivity index (χ0) is 25.8. The second-order valence-electron chi connectivity index (χ2n) is 7.39. The number of carboxylic acids is 1. The third kappa shape index (κ3) is 10.4. The Morgan fingerprint density at radius 2 is 1.44 bits per heavy atom. The second kappa shape index (κ2) is 13.4. The van der Waals surface area contributed by atoms with Gasteiger partial charge >= 0.3 is 5.97 Å². The van der Waals surface area contributed by atoms with Crippen molar-refractivity contribution in [1.29, 1.82) is 0 Å². The SMILES string of the molecule is NC(=O)CCC(NC(=O)C(Cc1ccc(O)cc1)NC(=O)C(N)CC(N)=O)C(=O)NCC(=O)O. The highest BCUT2D eigenvalue weighted by molar-refractivity contribution is 5.95. The van der Waals surface area contributed by atoms with Gasteiger partial charge in [0.1, 0.15) is 24.4 Å². The summed E-state index contributed by atoms with van der Waals surface area (Å²) in [7, 11) is 0. The molecule has 14 heteroatoms. The molecule has 0 aromatic heterocycles. The number of nitrogens with two attached hydrogens (primary N) is 3. The van der Waals surface area contributed by atoms with Crippen LogP contribution < -0.4 is 33.2 Å². The van der Waals surface area contributed by atoms with Crippen molar-refractivity contribution in [2.24, 2.45) is 17.2 Å². The number of carbonyl (C=O) groups excluding carboxylic acids is 5. The summed E-state index contributed by atoms with van der Waals surface area (Å²) in [6.07, 6.45) is -1.09. The minimum absolute atomic E-state index is 0.0288. The molecular formula is C20H28N6O8. The van der Waals surface area contributed by atoms with Gasteiger partial charge in [0, 0.05) is 12.8 Å². The van der Waals surface area contributed by atoms with E-state index in [0.717, 1.165) is 0 Å². The molecule has 0 aliphatic rings. The topological polar surface area (TPSA) is 257 Å². The van der Waals surface area contributed by atoms with Gasteiger partial charge in [0.2, 0.25) is 29.5 Å². The lowest BCUT2D eigenvalue weighted by Gasteiger charge is -2.24. The number of aliphatic carboxylic acids is 1. The van der Waals surface area contributed by atoms with Gasteiger partial charge in [-0.3, -0.25) is 28.8 Å². The molecule has 0 saturated heterocycles. The largest absolute Gasteiger partial charge is 0.508 e. The van der Waals surface area contributed by atoms with E-state index in [-0.39, 0.29) is 25.0 Å². The van der Waals surface area contributed by atoms with Gasteiger partial charge in [-0.1, -0.05) is 12.1 Å². The summed E-state index contributed by atoms with van der Waals surface area (Å²) in [6, 6.07) is 1.75. The Hall–Kier alpha value is -4.20. The van der Waals surface area contributed by atoms with Crippen LogP contribution in [-0.2, 0) is 35.2 Å². The molecule has 14 nitrogen and oxygen atoms in total. The van der Waals surface area contributed by atoms with Crippen molar-refractivity contribution in [1.82, 2.24) is 16.0 Å². The number of carbonyl (C=O) groups is 6. The van der Waals surface area contributed by atoms with Crippen LogP contribution >= 0.6 is 0 Å². The predicted octanol–water partition coefficient (Wildman–Crippen LogP) is -3.43.